The van der Waals surface area contributed by atoms with Crippen LogP contribution in [-0.4, -0.2) is 14.7 Å². The summed E-state index contributed by atoms with van der Waals surface area (Å²) in [5, 5.41) is 4.04. The molecule has 126 valence electrons. The lowest BCUT2D eigenvalue weighted by atomic mass is 10.2. The molecule has 0 atom stereocenters. The number of benzene rings is 2. The van der Waals surface area contributed by atoms with Gasteiger partial charge in [-0.05, 0) is 50.2 Å². The van der Waals surface area contributed by atoms with E-state index in [1.807, 2.05) is 50.2 Å². The standard InChI is InChI=1S/C18H14BrN3O3/c1-10(2)22-14-7-6-11(9-15(14)24-18(22)23)16-20-17(25-21-16)12-4-3-5-13(19)8-12/h3-10H,1-2H3. The van der Waals surface area contributed by atoms with Crippen LogP contribution >= 0.6 is 15.9 Å². The predicted octanol–water partition coefficient (Wildman–Crippen LogP) is 4.65. The van der Waals surface area contributed by atoms with E-state index in [0.29, 0.717) is 17.3 Å². The molecule has 2 aromatic heterocycles. The number of fused-ring (bicyclic) bond motifs is 1. The van der Waals surface area contributed by atoms with Gasteiger partial charge in [0.1, 0.15) is 0 Å². The summed E-state index contributed by atoms with van der Waals surface area (Å²) in [6, 6.07) is 13.1. The smallest absolute Gasteiger partial charge is 0.408 e. The van der Waals surface area contributed by atoms with Gasteiger partial charge in [-0.3, -0.25) is 4.57 Å². The molecule has 0 radical (unpaired) electrons. The first-order chi connectivity index (χ1) is 12.0. The van der Waals surface area contributed by atoms with E-state index < -0.39 is 0 Å². The summed E-state index contributed by atoms with van der Waals surface area (Å²) in [4.78, 5) is 16.4. The maximum atomic E-state index is 12.0. The fourth-order valence-corrected chi connectivity index (χ4v) is 3.14. The van der Waals surface area contributed by atoms with Gasteiger partial charge in [0.15, 0.2) is 5.58 Å². The first kappa shape index (κ1) is 15.8. The van der Waals surface area contributed by atoms with Gasteiger partial charge in [-0.2, -0.15) is 4.98 Å². The van der Waals surface area contributed by atoms with Gasteiger partial charge in [-0.1, -0.05) is 27.2 Å². The highest BCUT2D eigenvalue weighted by atomic mass is 79.9. The molecular weight excluding hydrogens is 386 g/mol. The molecule has 0 unspecified atom stereocenters. The number of aromatic nitrogens is 3. The van der Waals surface area contributed by atoms with E-state index in [1.54, 1.807) is 10.6 Å². The molecular formula is C18H14BrN3O3. The van der Waals surface area contributed by atoms with E-state index in [2.05, 4.69) is 26.1 Å². The molecule has 0 amide bonds. The Morgan fingerprint density at radius 1 is 1.12 bits per heavy atom. The van der Waals surface area contributed by atoms with Gasteiger partial charge in [-0.15, -0.1) is 0 Å². The second-order valence-electron chi connectivity index (χ2n) is 5.95. The Bertz CT molecular complexity index is 1120. The van der Waals surface area contributed by atoms with E-state index in [1.165, 1.54) is 0 Å². The van der Waals surface area contributed by atoms with Crippen LogP contribution in [0.4, 0.5) is 0 Å². The van der Waals surface area contributed by atoms with Crippen molar-refractivity contribution in [2.24, 2.45) is 0 Å². The Balaban J connectivity index is 1.77. The largest absolute Gasteiger partial charge is 0.420 e. The highest BCUT2D eigenvalue weighted by Crippen LogP contribution is 2.27. The summed E-state index contributed by atoms with van der Waals surface area (Å²) in [5.41, 5.74) is 2.80. The van der Waals surface area contributed by atoms with Crippen molar-refractivity contribution in [3.05, 3.63) is 57.5 Å². The van der Waals surface area contributed by atoms with E-state index in [9.17, 15) is 4.79 Å². The summed E-state index contributed by atoms with van der Waals surface area (Å²) in [6.45, 7) is 3.88. The van der Waals surface area contributed by atoms with Crippen molar-refractivity contribution < 1.29 is 8.94 Å². The van der Waals surface area contributed by atoms with Crippen molar-refractivity contribution in [3.63, 3.8) is 0 Å². The zero-order valence-corrected chi connectivity index (χ0v) is 15.1. The third-order valence-corrected chi connectivity index (χ3v) is 4.38. The molecule has 2 aromatic carbocycles. The number of hydrogen-bond acceptors (Lipinski definition) is 5. The third kappa shape index (κ3) is 2.80. The molecule has 0 aliphatic rings. The predicted molar refractivity (Wildman–Crippen MR) is 97.3 cm³/mol. The first-order valence-electron chi connectivity index (χ1n) is 7.78. The van der Waals surface area contributed by atoms with Crippen LogP contribution in [0.1, 0.15) is 19.9 Å². The minimum absolute atomic E-state index is 0.0212. The average Bonchev–Trinajstić information content (AvgIpc) is 3.17. The highest BCUT2D eigenvalue weighted by molar-refractivity contribution is 9.10. The second kappa shape index (κ2) is 6.00. The fourth-order valence-electron chi connectivity index (χ4n) is 2.74. The number of halogens is 1. The maximum Gasteiger partial charge on any atom is 0.420 e. The van der Waals surface area contributed by atoms with Gasteiger partial charge >= 0.3 is 5.76 Å². The van der Waals surface area contributed by atoms with Crippen LogP contribution in [0.2, 0.25) is 0 Å². The van der Waals surface area contributed by atoms with Crippen molar-refractivity contribution in [1.82, 2.24) is 14.7 Å². The van der Waals surface area contributed by atoms with Crippen molar-refractivity contribution >= 4 is 27.0 Å². The molecule has 0 spiro atoms. The Labute approximate surface area is 151 Å². The molecule has 4 rings (SSSR count). The Morgan fingerprint density at radius 3 is 2.72 bits per heavy atom. The fraction of sp³-hybridized carbons (Fsp3) is 0.167. The summed E-state index contributed by atoms with van der Waals surface area (Å²) in [7, 11) is 0. The van der Waals surface area contributed by atoms with E-state index in [4.69, 9.17) is 8.94 Å². The lowest BCUT2D eigenvalue weighted by Crippen LogP contribution is -2.15. The van der Waals surface area contributed by atoms with Gasteiger partial charge in [0.05, 0.1) is 5.52 Å². The molecule has 0 N–H and O–H groups in total. The molecule has 0 aliphatic heterocycles. The van der Waals surface area contributed by atoms with Gasteiger partial charge in [0, 0.05) is 21.6 Å². The average molecular weight is 400 g/mol. The van der Waals surface area contributed by atoms with Crippen LogP contribution in [0, 0.1) is 0 Å². The Kier molecular flexibility index (Phi) is 3.80. The molecule has 6 nitrogen and oxygen atoms in total. The third-order valence-electron chi connectivity index (χ3n) is 3.89. The van der Waals surface area contributed by atoms with E-state index in [-0.39, 0.29) is 11.8 Å². The number of hydrogen-bond donors (Lipinski definition) is 0. The zero-order chi connectivity index (χ0) is 17.6. The summed E-state index contributed by atoms with van der Waals surface area (Å²) in [5.74, 6) is 0.500. The molecule has 0 aliphatic carbocycles. The summed E-state index contributed by atoms with van der Waals surface area (Å²) < 4.78 is 13.3. The van der Waals surface area contributed by atoms with Crippen molar-refractivity contribution in [3.8, 4) is 22.8 Å². The van der Waals surface area contributed by atoms with Gasteiger partial charge < -0.3 is 8.94 Å². The quantitative estimate of drug-likeness (QED) is 0.500. The zero-order valence-electron chi connectivity index (χ0n) is 13.6. The van der Waals surface area contributed by atoms with E-state index >= 15 is 0 Å². The lowest BCUT2D eigenvalue weighted by Gasteiger charge is -2.04. The number of nitrogens with zero attached hydrogens (tertiary/aromatic N) is 3. The van der Waals surface area contributed by atoms with Crippen LogP contribution in [-0.2, 0) is 0 Å². The van der Waals surface area contributed by atoms with Gasteiger partial charge in [0.25, 0.3) is 5.89 Å². The highest BCUT2D eigenvalue weighted by Gasteiger charge is 2.15. The van der Waals surface area contributed by atoms with Crippen molar-refractivity contribution in [1.29, 1.82) is 0 Å². The molecule has 0 saturated carbocycles. The topological polar surface area (TPSA) is 74.1 Å². The molecule has 2 heterocycles. The minimum Gasteiger partial charge on any atom is -0.408 e. The van der Waals surface area contributed by atoms with E-state index in [0.717, 1.165) is 21.1 Å². The van der Waals surface area contributed by atoms with Gasteiger partial charge in [-0.25, -0.2) is 4.79 Å². The number of rotatable bonds is 3. The Morgan fingerprint density at radius 2 is 1.96 bits per heavy atom. The normalized spacial score (nSPS) is 11.5. The molecule has 4 aromatic rings. The molecule has 7 heteroatoms. The van der Waals surface area contributed by atoms with Crippen molar-refractivity contribution in [2.75, 3.05) is 0 Å². The summed E-state index contributed by atoms with van der Waals surface area (Å²) in [6.07, 6.45) is 0. The lowest BCUT2D eigenvalue weighted by molar-refractivity contribution is 0.432. The maximum absolute atomic E-state index is 12.0. The monoisotopic (exact) mass is 399 g/mol. The van der Waals surface area contributed by atoms with Gasteiger partial charge in [0.2, 0.25) is 5.82 Å². The van der Waals surface area contributed by atoms with Crippen LogP contribution in [0.3, 0.4) is 0 Å². The number of oxazole rings is 1. The second-order valence-corrected chi connectivity index (χ2v) is 6.86. The molecule has 25 heavy (non-hydrogen) atoms. The van der Waals surface area contributed by atoms with Crippen LogP contribution in [0.5, 0.6) is 0 Å². The van der Waals surface area contributed by atoms with Crippen LogP contribution < -0.4 is 5.76 Å². The molecule has 0 bridgehead atoms. The first-order valence-corrected chi connectivity index (χ1v) is 8.57. The summed E-state index contributed by atoms with van der Waals surface area (Å²) >= 11 is 3.42. The Hall–Kier alpha value is -2.67. The molecule has 0 fully saturated rings. The van der Waals surface area contributed by atoms with Crippen LogP contribution in [0.25, 0.3) is 33.9 Å². The minimum atomic E-state index is -0.370. The van der Waals surface area contributed by atoms with Crippen molar-refractivity contribution in [2.45, 2.75) is 19.9 Å². The SMILES string of the molecule is CC(C)n1c(=O)oc2cc(-c3noc(-c4cccc(Br)c4)n3)ccc21. The molecule has 0 saturated heterocycles. The van der Waals surface area contributed by atoms with Crippen LogP contribution in [0.15, 0.2) is 60.7 Å².